The van der Waals surface area contributed by atoms with Crippen LogP contribution in [0.15, 0.2) is 35.2 Å². The van der Waals surface area contributed by atoms with Crippen LogP contribution in [-0.2, 0) is 24.2 Å². The maximum atomic E-state index is 12.6. The van der Waals surface area contributed by atoms with E-state index < -0.39 is 22.4 Å². The highest BCUT2D eigenvalue weighted by atomic mass is 32.2. The van der Waals surface area contributed by atoms with E-state index in [0.717, 1.165) is 10.5 Å². The number of hydrogen-bond acceptors (Lipinski definition) is 6. The molecule has 8 heteroatoms. The first-order valence-electron chi connectivity index (χ1n) is 9.26. The number of carbonyl (C=O) groups excluding carboxylic acids is 2. The number of thioether (sulfide) groups is 1. The molecule has 0 saturated carbocycles. The molecular formula is C20H27NO5S2. The van der Waals surface area contributed by atoms with Gasteiger partial charge in [0, 0.05) is 23.1 Å². The van der Waals surface area contributed by atoms with Crippen molar-refractivity contribution < 1.29 is 22.7 Å². The molecule has 1 heterocycles. The average molecular weight is 426 g/mol. The Bertz CT molecular complexity index is 818. The summed E-state index contributed by atoms with van der Waals surface area (Å²) in [5.74, 6) is -0.897. The van der Waals surface area contributed by atoms with Crippen LogP contribution < -0.4 is 0 Å². The van der Waals surface area contributed by atoms with Crippen molar-refractivity contribution in [2.75, 3.05) is 24.4 Å². The molecule has 1 aromatic carbocycles. The van der Waals surface area contributed by atoms with E-state index in [1.807, 2.05) is 44.4 Å². The summed E-state index contributed by atoms with van der Waals surface area (Å²) in [4.78, 5) is 27.3. The number of esters is 1. The third kappa shape index (κ3) is 6.38. The second kappa shape index (κ2) is 10.1. The lowest BCUT2D eigenvalue weighted by Crippen LogP contribution is -2.48. The average Bonchev–Trinajstić information content (AvgIpc) is 3.04. The van der Waals surface area contributed by atoms with Gasteiger partial charge in [0.1, 0.15) is 0 Å². The minimum atomic E-state index is -3.11. The van der Waals surface area contributed by atoms with Crippen molar-refractivity contribution in [3.05, 3.63) is 35.9 Å². The number of nitrogens with zero attached hydrogens (tertiary/aromatic N) is 1. The first kappa shape index (κ1) is 22.5. The molecule has 2 rings (SSSR count). The maximum Gasteiger partial charge on any atom is 0.331 e. The maximum absolute atomic E-state index is 12.6. The van der Waals surface area contributed by atoms with Crippen LogP contribution in [-0.4, -0.2) is 61.6 Å². The summed E-state index contributed by atoms with van der Waals surface area (Å²) in [6.45, 7) is 3.42. The summed E-state index contributed by atoms with van der Waals surface area (Å²) in [5.41, 5.74) is 0.860. The summed E-state index contributed by atoms with van der Waals surface area (Å²) < 4.78 is 28.6. The van der Waals surface area contributed by atoms with Gasteiger partial charge < -0.3 is 9.64 Å². The number of rotatable bonds is 8. The fourth-order valence-electron chi connectivity index (χ4n) is 3.14. The smallest absolute Gasteiger partial charge is 0.331 e. The highest BCUT2D eigenvalue weighted by Crippen LogP contribution is 2.21. The van der Waals surface area contributed by atoms with Gasteiger partial charge >= 0.3 is 5.97 Å². The van der Waals surface area contributed by atoms with Crippen LogP contribution in [0.1, 0.15) is 32.3 Å². The zero-order chi connectivity index (χ0) is 20.7. The third-order valence-electron chi connectivity index (χ3n) is 4.82. The number of carbonyl (C=O) groups is 2. The number of sulfone groups is 1. The first-order chi connectivity index (χ1) is 13.3. The van der Waals surface area contributed by atoms with Crippen molar-refractivity contribution in [3.63, 3.8) is 0 Å². The van der Waals surface area contributed by atoms with Gasteiger partial charge in [-0.3, -0.25) is 4.79 Å². The van der Waals surface area contributed by atoms with Crippen molar-refractivity contribution in [1.29, 1.82) is 0 Å². The lowest BCUT2D eigenvalue weighted by molar-refractivity contribution is -0.150. The number of hydrogen-bond donors (Lipinski definition) is 0. The van der Waals surface area contributed by atoms with Gasteiger partial charge in [-0.05, 0) is 49.8 Å². The van der Waals surface area contributed by atoms with E-state index in [-0.39, 0.29) is 29.5 Å². The summed E-state index contributed by atoms with van der Waals surface area (Å²) in [7, 11) is -3.11. The van der Waals surface area contributed by atoms with Gasteiger partial charge in [0.05, 0.1) is 11.5 Å². The molecule has 1 amide bonds. The molecule has 0 N–H and O–H groups in total. The zero-order valence-corrected chi connectivity index (χ0v) is 18.1. The molecule has 0 spiro atoms. The molecule has 0 unspecified atom stereocenters. The molecule has 28 heavy (non-hydrogen) atoms. The van der Waals surface area contributed by atoms with E-state index >= 15 is 0 Å². The topological polar surface area (TPSA) is 80.8 Å². The Labute approximate surface area is 171 Å². The second-order valence-corrected chi connectivity index (χ2v) is 9.94. The van der Waals surface area contributed by atoms with Gasteiger partial charge in [0.25, 0.3) is 5.91 Å². The minimum absolute atomic E-state index is 0.0248. The number of amides is 1. The molecule has 6 nitrogen and oxygen atoms in total. The summed E-state index contributed by atoms with van der Waals surface area (Å²) in [6.07, 6.45) is 6.03. The van der Waals surface area contributed by atoms with Crippen LogP contribution in [0.4, 0.5) is 0 Å². The van der Waals surface area contributed by atoms with Crippen LogP contribution in [0.25, 0.3) is 6.08 Å². The van der Waals surface area contributed by atoms with Crippen LogP contribution in [0.2, 0.25) is 0 Å². The Kier molecular flexibility index (Phi) is 8.12. The van der Waals surface area contributed by atoms with E-state index in [0.29, 0.717) is 12.8 Å². The van der Waals surface area contributed by atoms with E-state index in [2.05, 4.69) is 0 Å². The summed E-state index contributed by atoms with van der Waals surface area (Å²) in [6, 6.07) is 7.24. The molecule has 1 aliphatic heterocycles. The Morgan fingerprint density at radius 3 is 2.54 bits per heavy atom. The van der Waals surface area contributed by atoms with Crippen molar-refractivity contribution in [3.8, 4) is 0 Å². The zero-order valence-electron chi connectivity index (χ0n) is 16.5. The van der Waals surface area contributed by atoms with E-state index in [9.17, 15) is 18.0 Å². The van der Waals surface area contributed by atoms with Crippen LogP contribution >= 0.6 is 11.8 Å². The Balaban J connectivity index is 1.93. The number of ether oxygens (including phenoxy) is 1. The number of benzene rings is 1. The molecule has 1 fully saturated rings. The van der Waals surface area contributed by atoms with Gasteiger partial charge in [0.2, 0.25) is 0 Å². The molecule has 2 atom stereocenters. The molecule has 0 aromatic heterocycles. The Morgan fingerprint density at radius 1 is 1.32 bits per heavy atom. The minimum Gasteiger partial charge on any atom is -0.452 e. The predicted molar refractivity (Wildman–Crippen MR) is 112 cm³/mol. The predicted octanol–water partition coefficient (Wildman–Crippen LogP) is 2.78. The molecule has 1 aliphatic rings. The van der Waals surface area contributed by atoms with E-state index in [1.54, 1.807) is 22.7 Å². The van der Waals surface area contributed by atoms with Gasteiger partial charge in [0.15, 0.2) is 16.4 Å². The Morgan fingerprint density at radius 2 is 2.00 bits per heavy atom. The van der Waals surface area contributed by atoms with Gasteiger partial charge in [-0.2, -0.15) is 0 Å². The third-order valence-corrected chi connectivity index (χ3v) is 7.31. The van der Waals surface area contributed by atoms with Gasteiger partial charge in [-0.1, -0.05) is 19.1 Å². The highest BCUT2D eigenvalue weighted by Gasteiger charge is 2.36. The molecular weight excluding hydrogens is 398 g/mol. The first-order valence-corrected chi connectivity index (χ1v) is 12.3. The lowest BCUT2D eigenvalue weighted by atomic mass is 10.1. The Hall–Kier alpha value is -1.80. The molecule has 1 aromatic rings. The highest BCUT2D eigenvalue weighted by molar-refractivity contribution is 7.98. The fraction of sp³-hybridized carbons (Fsp3) is 0.500. The van der Waals surface area contributed by atoms with Crippen LogP contribution in [0.3, 0.4) is 0 Å². The molecule has 154 valence electrons. The SMILES string of the molecule is CC[C@H](C)N(C(=O)COC(=O)/C=C/c1ccc(SC)cc1)[C@H]1CCS(=O)(=O)C1. The second-order valence-electron chi connectivity index (χ2n) is 6.83. The molecule has 0 aliphatic carbocycles. The normalized spacial score (nSPS) is 19.5. The summed E-state index contributed by atoms with van der Waals surface area (Å²) in [5, 5.41) is 0. The molecule has 0 radical (unpaired) electrons. The molecule has 1 saturated heterocycles. The van der Waals surface area contributed by atoms with E-state index in [1.165, 1.54) is 6.08 Å². The monoisotopic (exact) mass is 425 g/mol. The summed E-state index contributed by atoms with van der Waals surface area (Å²) >= 11 is 1.63. The van der Waals surface area contributed by atoms with Crippen LogP contribution in [0.5, 0.6) is 0 Å². The lowest BCUT2D eigenvalue weighted by Gasteiger charge is -2.33. The fourth-order valence-corrected chi connectivity index (χ4v) is 5.26. The van der Waals surface area contributed by atoms with Crippen molar-refractivity contribution >= 4 is 39.6 Å². The molecule has 0 bridgehead atoms. The van der Waals surface area contributed by atoms with Crippen LogP contribution in [0, 0.1) is 0 Å². The van der Waals surface area contributed by atoms with Crippen molar-refractivity contribution in [2.24, 2.45) is 0 Å². The quantitative estimate of drug-likeness (QED) is 0.362. The van der Waals surface area contributed by atoms with Gasteiger partial charge in [-0.15, -0.1) is 11.8 Å². The largest absolute Gasteiger partial charge is 0.452 e. The standard InChI is InChI=1S/C20H27NO5S2/c1-4-15(2)21(17-11-12-28(24,25)14-17)19(22)13-26-20(23)10-7-16-5-8-18(27-3)9-6-16/h5-10,15,17H,4,11-14H2,1-3H3/b10-7+/t15-,17-/m0/s1. The van der Waals surface area contributed by atoms with Crippen molar-refractivity contribution in [2.45, 2.75) is 43.7 Å². The van der Waals surface area contributed by atoms with Gasteiger partial charge in [-0.25, -0.2) is 13.2 Å². The van der Waals surface area contributed by atoms with Crippen molar-refractivity contribution in [1.82, 2.24) is 4.90 Å². The van der Waals surface area contributed by atoms with E-state index in [4.69, 9.17) is 4.74 Å².